The molecular weight excluding hydrogens is 347 g/mol. The summed E-state index contributed by atoms with van der Waals surface area (Å²) in [5, 5.41) is 24.3. The lowest BCUT2D eigenvalue weighted by Gasteiger charge is -2.44. The average Bonchev–Trinajstić information content (AvgIpc) is 2.43. The normalized spacial score (nSPS) is 17.9. The highest BCUT2D eigenvalue weighted by atomic mass is 35.5. The second kappa shape index (κ2) is 8.04. The van der Waals surface area contributed by atoms with Crippen LogP contribution in [-0.4, -0.2) is 47.9 Å². The summed E-state index contributed by atoms with van der Waals surface area (Å²) in [5.41, 5.74) is 0.203. The molecule has 0 saturated carbocycles. The van der Waals surface area contributed by atoms with Crippen LogP contribution in [0, 0.1) is 5.41 Å². The van der Waals surface area contributed by atoms with Crippen LogP contribution in [0.4, 0.5) is 0 Å². The molecule has 0 unspecified atom stereocenters. The van der Waals surface area contributed by atoms with Crippen molar-refractivity contribution in [2.75, 3.05) is 32.8 Å². The number of hydrogen-bond donors (Lipinski definition) is 3. The van der Waals surface area contributed by atoms with Gasteiger partial charge in [-0.3, -0.25) is 4.90 Å². The molecule has 4 nitrogen and oxygen atoms in total. The number of aromatic hydroxyl groups is 1. The van der Waals surface area contributed by atoms with Crippen LogP contribution in [0.2, 0.25) is 10.0 Å². The van der Waals surface area contributed by atoms with Crippen LogP contribution < -0.4 is 5.32 Å². The predicted octanol–water partition coefficient (Wildman–Crippen LogP) is 3.09. The van der Waals surface area contributed by atoms with Crippen molar-refractivity contribution in [1.29, 1.82) is 0 Å². The van der Waals surface area contributed by atoms with Gasteiger partial charge in [-0.15, -0.1) is 12.4 Å². The van der Waals surface area contributed by atoms with Gasteiger partial charge in [0.15, 0.2) is 0 Å². The first-order valence-electron chi connectivity index (χ1n) is 7.10. The Kier molecular flexibility index (Phi) is 7.24. The second-order valence-electron chi connectivity index (χ2n) is 6.16. The maximum absolute atomic E-state index is 10.3. The van der Waals surface area contributed by atoms with Crippen molar-refractivity contribution in [3.63, 3.8) is 0 Å². The molecule has 1 heterocycles. The van der Waals surface area contributed by atoms with E-state index in [-0.39, 0.29) is 30.8 Å². The Balaban J connectivity index is 0.00000242. The van der Waals surface area contributed by atoms with Crippen LogP contribution in [0.5, 0.6) is 5.75 Å². The lowest BCUT2D eigenvalue weighted by Crippen LogP contribution is -2.49. The van der Waals surface area contributed by atoms with Crippen molar-refractivity contribution in [3.8, 4) is 5.75 Å². The van der Waals surface area contributed by atoms with Gasteiger partial charge in [-0.1, -0.05) is 37.0 Å². The van der Waals surface area contributed by atoms with E-state index in [9.17, 15) is 10.2 Å². The Morgan fingerprint density at radius 1 is 1.27 bits per heavy atom. The molecule has 0 bridgehead atoms. The maximum Gasteiger partial charge on any atom is 0.123 e. The Morgan fingerprint density at radius 3 is 2.36 bits per heavy atom. The average molecular weight is 370 g/mol. The summed E-state index contributed by atoms with van der Waals surface area (Å²) in [6.07, 6.45) is 0. The predicted molar refractivity (Wildman–Crippen MR) is 93.4 cm³/mol. The molecular formula is C15H23Cl3N2O2. The number of nitrogens with one attached hydrogen (secondary N) is 1. The summed E-state index contributed by atoms with van der Waals surface area (Å²) in [5.74, 6) is 0.0811. The SMILES string of the molecule is CC(C)(CO)[C@H](c1c(O)cc(Cl)cc1Cl)N1CCNCC1.Cl. The lowest BCUT2D eigenvalue weighted by atomic mass is 9.79. The lowest BCUT2D eigenvalue weighted by molar-refractivity contribution is 0.0293. The largest absolute Gasteiger partial charge is 0.508 e. The van der Waals surface area contributed by atoms with Gasteiger partial charge in [0, 0.05) is 54.8 Å². The van der Waals surface area contributed by atoms with Crippen LogP contribution in [0.15, 0.2) is 12.1 Å². The smallest absolute Gasteiger partial charge is 0.123 e. The van der Waals surface area contributed by atoms with E-state index in [1.165, 1.54) is 6.07 Å². The van der Waals surface area contributed by atoms with Crippen molar-refractivity contribution in [2.45, 2.75) is 19.9 Å². The standard InChI is InChI=1S/C15H22Cl2N2O2.ClH/c1-15(2,9-20)14(19-5-3-18-4-6-19)13-11(17)7-10(16)8-12(13)21;/h7-8,14,18,20-21H,3-6,9H2,1-2H3;1H/t14-;/m0./s1. The fourth-order valence-electron chi connectivity index (χ4n) is 2.94. The van der Waals surface area contributed by atoms with E-state index in [2.05, 4.69) is 10.2 Å². The molecule has 1 aliphatic heterocycles. The molecule has 7 heteroatoms. The van der Waals surface area contributed by atoms with Crippen LogP contribution in [0.1, 0.15) is 25.5 Å². The number of rotatable bonds is 4. The summed E-state index contributed by atoms with van der Waals surface area (Å²) >= 11 is 12.3. The third-order valence-corrected chi connectivity index (χ3v) is 4.54. The molecule has 1 aliphatic rings. The topological polar surface area (TPSA) is 55.7 Å². The Morgan fingerprint density at radius 2 is 1.86 bits per heavy atom. The molecule has 1 saturated heterocycles. The summed E-state index contributed by atoms with van der Waals surface area (Å²) in [7, 11) is 0. The fourth-order valence-corrected chi connectivity index (χ4v) is 3.52. The van der Waals surface area contributed by atoms with E-state index < -0.39 is 5.41 Å². The molecule has 2 rings (SSSR count). The van der Waals surface area contributed by atoms with E-state index in [0.717, 1.165) is 26.2 Å². The number of halogens is 3. The molecule has 126 valence electrons. The summed E-state index contributed by atoms with van der Waals surface area (Å²) in [6, 6.07) is 2.97. The van der Waals surface area contributed by atoms with E-state index in [4.69, 9.17) is 23.2 Å². The molecule has 22 heavy (non-hydrogen) atoms. The van der Waals surface area contributed by atoms with Crippen molar-refractivity contribution >= 4 is 35.6 Å². The summed E-state index contributed by atoms with van der Waals surface area (Å²) in [4.78, 5) is 2.25. The number of piperazine rings is 1. The van der Waals surface area contributed by atoms with E-state index in [0.29, 0.717) is 15.6 Å². The third kappa shape index (κ3) is 4.19. The molecule has 1 aromatic rings. The number of hydrogen-bond acceptors (Lipinski definition) is 4. The molecule has 1 aromatic carbocycles. The van der Waals surface area contributed by atoms with Gasteiger partial charge in [0.2, 0.25) is 0 Å². The highest BCUT2D eigenvalue weighted by Gasteiger charge is 2.38. The molecule has 1 atom stereocenters. The van der Waals surface area contributed by atoms with Gasteiger partial charge in [-0.25, -0.2) is 0 Å². The zero-order chi connectivity index (χ0) is 15.6. The van der Waals surface area contributed by atoms with Crippen LogP contribution >= 0.6 is 35.6 Å². The van der Waals surface area contributed by atoms with Crippen molar-refractivity contribution in [2.24, 2.45) is 5.41 Å². The number of nitrogens with zero attached hydrogens (tertiary/aromatic N) is 1. The Labute approximate surface area is 147 Å². The highest BCUT2D eigenvalue weighted by Crippen LogP contribution is 2.45. The minimum absolute atomic E-state index is 0. The highest BCUT2D eigenvalue weighted by molar-refractivity contribution is 6.35. The summed E-state index contributed by atoms with van der Waals surface area (Å²) < 4.78 is 0. The zero-order valence-corrected chi connectivity index (χ0v) is 15.1. The molecule has 3 N–H and O–H groups in total. The fraction of sp³-hybridized carbons (Fsp3) is 0.600. The number of benzene rings is 1. The number of phenolic OH excluding ortho intramolecular Hbond substituents is 1. The molecule has 0 amide bonds. The van der Waals surface area contributed by atoms with Gasteiger partial charge < -0.3 is 15.5 Å². The van der Waals surface area contributed by atoms with E-state index >= 15 is 0 Å². The van der Waals surface area contributed by atoms with Crippen LogP contribution in [0.3, 0.4) is 0 Å². The van der Waals surface area contributed by atoms with Gasteiger partial charge in [0.25, 0.3) is 0 Å². The quantitative estimate of drug-likeness (QED) is 0.763. The van der Waals surface area contributed by atoms with Crippen molar-refractivity contribution in [1.82, 2.24) is 10.2 Å². The number of aliphatic hydroxyl groups is 1. The first-order chi connectivity index (χ1) is 9.86. The summed E-state index contributed by atoms with van der Waals surface area (Å²) in [6.45, 7) is 7.39. The van der Waals surface area contributed by atoms with Gasteiger partial charge in [0.1, 0.15) is 5.75 Å². The second-order valence-corrected chi connectivity index (χ2v) is 7.00. The van der Waals surface area contributed by atoms with Crippen molar-refractivity contribution in [3.05, 3.63) is 27.7 Å². The molecule has 0 radical (unpaired) electrons. The third-order valence-electron chi connectivity index (χ3n) is 4.01. The van der Waals surface area contributed by atoms with E-state index in [1.54, 1.807) is 6.07 Å². The van der Waals surface area contributed by atoms with Crippen LogP contribution in [-0.2, 0) is 0 Å². The molecule has 0 aliphatic carbocycles. The first kappa shape index (κ1) is 19.8. The number of phenols is 1. The van der Waals surface area contributed by atoms with E-state index in [1.807, 2.05) is 13.8 Å². The first-order valence-corrected chi connectivity index (χ1v) is 7.86. The number of aliphatic hydroxyl groups excluding tert-OH is 1. The maximum atomic E-state index is 10.3. The van der Waals surface area contributed by atoms with Crippen molar-refractivity contribution < 1.29 is 10.2 Å². The monoisotopic (exact) mass is 368 g/mol. The Hall–Kier alpha value is -0.230. The van der Waals surface area contributed by atoms with Gasteiger partial charge >= 0.3 is 0 Å². The van der Waals surface area contributed by atoms with Crippen LogP contribution in [0.25, 0.3) is 0 Å². The minimum Gasteiger partial charge on any atom is -0.508 e. The minimum atomic E-state index is -0.438. The van der Waals surface area contributed by atoms with Gasteiger partial charge in [-0.05, 0) is 12.1 Å². The molecule has 0 spiro atoms. The molecule has 1 fully saturated rings. The Bertz CT molecular complexity index is 483. The van der Waals surface area contributed by atoms with Gasteiger partial charge in [-0.2, -0.15) is 0 Å². The van der Waals surface area contributed by atoms with Gasteiger partial charge in [0.05, 0.1) is 5.02 Å². The molecule has 0 aromatic heterocycles. The zero-order valence-electron chi connectivity index (χ0n) is 12.8.